The molecule has 0 rings (SSSR count). The molecule has 156 valence electrons. The van der Waals surface area contributed by atoms with Crippen LogP contribution in [0.1, 0.15) is 44.9 Å². The number of aliphatic carboxylic acids is 2. The van der Waals surface area contributed by atoms with Crippen LogP contribution >= 0.6 is 0 Å². The molecule has 1 atom stereocenters. The van der Waals surface area contributed by atoms with Crippen LogP contribution in [0.2, 0.25) is 0 Å². The summed E-state index contributed by atoms with van der Waals surface area (Å²) in [4.78, 5) is 20.0. The van der Waals surface area contributed by atoms with Gasteiger partial charge in [0.2, 0.25) is 0 Å². The number of hydrogen-bond acceptors (Lipinski definition) is 7. The van der Waals surface area contributed by atoms with Crippen molar-refractivity contribution in [1.82, 2.24) is 0 Å². The Labute approximate surface area is 154 Å². The van der Waals surface area contributed by atoms with Crippen molar-refractivity contribution in [3.8, 4) is 0 Å². The zero-order chi connectivity index (χ0) is 20.0. The van der Waals surface area contributed by atoms with Crippen molar-refractivity contribution >= 4 is 11.9 Å². The Bertz CT molecular complexity index is 309. The van der Waals surface area contributed by atoms with Gasteiger partial charge in [-0.25, -0.2) is 4.79 Å². The molecule has 0 aromatic heterocycles. The number of aliphatic hydroxyl groups is 2. The molecular formula is C17H34O9. The van der Waals surface area contributed by atoms with Crippen molar-refractivity contribution in [2.24, 2.45) is 0 Å². The second-order valence-electron chi connectivity index (χ2n) is 5.45. The van der Waals surface area contributed by atoms with Gasteiger partial charge < -0.3 is 34.6 Å². The Morgan fingerprint density at radius 3 is 1.38 bits per heavy atom. The van der Waals surface area contributed by atoms with Crippen LogP contribution in [-0.2, 0) is 23.8 Å². The molecule has 0 saturated heterocycles. The van der Waals surface area contributed by atoms with E-state index in [9.17, 15) is 9.59 Å². The molecule has 0 radical (unpaired) electrons. The molecule has 0 aliphatic rings. The van der Waals surface area contributed by atoms with Crippen LogP contribution in [0.15, 0.2) is 0 Å². The first kappa shape index (κ1) is 27.0. The summed E-state index contributed by atoms with van der Waals surface area (Å²) in [6, 6.07) is 0. The van der Waals surface area contributed by atoms with E-state index in [1.165, 1.54) is 0 Å². The number of methoxy groups -OCH3 is 1. The van der Waals surface area contributed by atoms with Gasteiger partial charge in [-0.1, -0.05) is 0 Å². The summed E-state index contributed by atoms with van der Waals surface area (Å²) < 4.78 is 15.1. The molecule has 0 saturated carbocycles. The van der Waals surface area contributed by atoms with Crippen LogP contribution in [0.4, 0.5) is 0 Å². The lowest BCUT2D eigenvalue weighted by molar-refractivity contribution is -0.154. The van der Waals surface area contributed by atoms with Crippen molar-refractivity contribution < 1.29 is 44.2 Å². The van der Waals surface area contributed by atoms with Gasteiger partial charge in [-0.15, -0.1) is 0 Å². The van der Waals surface area contributed by atoms with E-state index in [0.29, 0.717) is 0 Å². The summed E-state index contributed by atoms with van der Waals surface area (Å²) >= 11 is 0. The Kier molecular flexibility index (Phi) is 22.6. The molecule has 0 amide bonds. The van der Waals surface area contributed by atoms with Crippen LogP contribution in [0.3, 0.4) is 0 Å². The third-order valence-electron chi connectivity index (χ3n) is 3.14. The fraction of sp³-hybridized carbons (Fsp3) is 0.882. The summed E-state index contributed by atoms with van der Waals surface area (Å²) in [5.41, 5.74) is 0. The lowest BCUT2D eigenvalue weighted by Crippen LogP contribution is -2.25. The van der Waals surface area contributed by atoms with Crippen molar-refractivity contribution in [1.29, 1.82) is 0 Å². The molecule has 26 heavy (non-hydrogen) atoms. The fourth-order valence-corrected chi connectivity index (χ4v) is 1.67. The summed E-state index contributed by atoms with van der Waals surface area (Å²) in [5.74, 6) is -2.45. The SMILES string of the molecule is COC(CC(=O)O)C(=O)O.OCCCCOCCCCOCCCCO. The Morgan fingerprint density at radius 1 is 0.769 bits per heavy atom. The lowest BCUT2D eigenvalue weighted by atomic mass is 10.2. The highest BCUT2D eigenvalue weighted by molar-refractivity contribution is 5.79. The summed E-state index contributed by atoms with van der Waals surface area (Å²) in [6.07, 6.45) is 3.84. The van der Waals surface area contributed by atoms with E-state index in [2.05, 4.69) is 4.74 Å². The van der Waals surface area contributed by atoms with E-state index < -0.39 is 24.5 Å². The molecule has 0 heterocycles. The fourth-order valence-electron chi connectivity index (χ4n) is 1.67. The smallest absolute Gasteiger partial charge is 0.333 e. The molecule has 0 fully saturated rings. The highest BCUT2D eigenvalue weighted by Gasteiger charge is 2.19. The first-order valence-corrected chi connectivity index (χ1v) is 8.84. The molecule has 9 heteroatoms. The molecule has 0 aromatic carbocycles. The van der Waals surface area contributed by atoms with E-state index in [1.54, 1.807) is 0 Å². The number of aliphatic hydroxyl groups excluding tert-OH is 2. The molecule has 0 aromatic rings. The van der Waals surface area contributed by atoms with Crippen LogP contribution < -0.4 is 0 Å². The Hall–Kier alpha value is -1.26. The number of carbonyl (C=O) groups is 2. The van der Waals surface area contributed by atoms with E-state index in [1.807, 2.05) is 0 Å². The number of rotatable bonds is 17. The van der Waals surface area contributed by atoms with E-state index >= 15 is 0 Å². The van der Waals surface area contributed by atoms with Gasteiger partial charge in [0.1, 0.15) is 0 Å². The van der Waals surface area contributed by atoms with E-state index in [4.69, 9.17) is 29.9 Å². The van der Waals surface area contributed by atoms with Crippen LogP contribution in [-0.4, -0.2) is 85.2 Å². The Morgan fingerprint density at radius 2 is 1.15 bits per heavy atom. The molecule has 9 nitrogen and oxygen atoms in total. The number of carboxylic acid groups (broad SMARTS) is 2. The zero-order valence-electron chi connectivity index (χ0n) is 15.6. The van der Waals surface area contributed by atoms with Gasteiger partial charge in [-0.2, -0.15) is 0 Å². The number of hydrogen-bond donors (Lipinski definition) is 4. The van der Waals surface area contributed by atoms with Crippen molar-refractivity contribution in [2.75, 3.05) is 46.8 Å². The lowest BCUT2D eigenvalue weighted by Gasteiger charge is -2.05. The minimum absolute atomic E-state index is 0.255. The van der Waals surface area contributed by atoms with Crippen LogP contribution in [0, 0.1) is 0 Å². The maximum Gasteiger partial charge on any atom is 0.333 e. The van der Waals surface area contributed by atoms with E-state index in [-0.39, 0.29) is 13.2 Å². The van der Waals surface area contributed by atoms with Gasteiger partial charge in [-0.05, 0) is 38.5 Å². The van der Waals surface area contributed by atoms with Crippen molar-refractivity contribution in [2.45, 2.75) is 51.0 Å². The molecule has 0 spiro atoms. The Balaban J connectivity index is 0. The second kappa shape index (κ2) is 21.8. The molecule has 0 bridgehead atoms. The first-order chi connectivity index (χ1) is 12.5. The van der Waals surface area contributed by atoms with Crippen molar-refractivity contribution in [3.63, 3.8) is 0 Å². The highest BCUT2D eigenvalue weighted by atomic mass is 16.5. The summed E-state index contributed by atoms with van der Waals surface area (Å²) in [5, 5.41) is 33.4. The molecule has 0 aliphatic carbocycles. The molecule has 0 aliphatic heterocycles. The second-order valence-corrected chi connectivity index (χ2v) is 5.45. The summed E-state index contributed by atoms with van der Waals surface area (Å²) in [7, 11) is 1.15. The number of carboxylic acids is 2. The quantitative estimate of drug-likeness (QED) is 0.270. The van der Waals surface area contributed by atoms with Gasteiger partial charge in [0, 0.05) is 46.8 Å². The van der Waals surface area contributed by atoms with Crippen LogP contribution in [0.5, 0.6) is 0 Å². The van der Waals surface area contributed by atoms with Crippen molar-refractivity contribution in [3.05, 3.63) is 0 Å². The first-order valence-electron chi connectivity index (χ1n) is 8.84. The van der Waals surface area contributed by atoms with Gasteiger partial charge in [-0.3, -0.25) is 4.79 Å². The van der Waals surface area contributed by atoms with E-state index in [0.717, 1.165) is 72.1 Å². The summed E-state index contributed by atoms with van der Waals surface area (Å²) in [6.45, 7) is 3.57. The zero-order valence-corrected chi connectivity index (χ0v) is 15.6. The van der Waals surface area contributed by atoms with Gasteiger partial charge in [0.05, 0.1) is 6.42 Å². The minimum atomic E-state index is -1.26. The van der Waals surface area contributed by atoms with Gasteiger partial charge in [0.15, 0.2) is 6.10 Å². The molecular weight excluding hydrogens is 348 g/mol. The third kappa shape index (κ3) is 22.7. The minimum Gasteiger partial charge on any atom is -0.481 e. The van der Waals surface area contributed by atoms with Crippen LogP contribution in [0.25, 0.3) is 0 Å². The average Bonchev–Trinajstić information content (AvgIpc) is 2.61. The van der Waals surface area contributed by atoms with Gasteiger partial charge >= 0.3 is 11.9 Å². The molecule has 4 N–H and O–H groups in total. The normalized spacial score (nSPS) is 11.5. The maximum atomic E-state index is 10.1. The predicted octanol–water partition coefficient (Wildman–Crippen LogP) is 0.905. The topological polar surface area (TPSA) is 143 Å². The standard InChI is InChI=1S/C12H26O4.C5H8O5/c13-7-1-3-9-15-11-5-6-12-16-10-4-2-8-14;1-10-3(5(8)9)2-4(6)7/h13-14H,1-12H2;3H,2H2,1H3,(H,6,7)(H,8,9). The largest absolute Gasteiger partial charge is 0.481 e. The average molecular weight is 382 g/mol. The van der Waals surface area contributed by atoms with Gasteiger partial charge in [0.25, 0.3) is 0 Å². The third-order valence-corrected chi connectivity index (χ3v) is 3.14. The monoisotopic (exact) mass is 382 g/mol. The number of ether oxygens (including phenoxy) is 3. The predicted molar refractivity (Wildman–Crippen MR) is 94.2 cm³/mol. The molecule has 1 unspecified atom stereocenters. The highest BCUT2D eigenvalue weighted by Crippen LogP contribution is 1.96. The number of unbranched alkanes of at least 4 members (excludes halogenated alkanes) is 3. The maximum absolute atomic E-state index is 10.1.